The van der Waals surface area contributed by atoms with Crippen molar-refractivity contribution in [1.29, 1.82) is 0 Å². The van der Waals surface area contributed by atoms with Gasteiger partial charge in [-0.25, -0.2) is 4.79 Å². The molecule has 1 amide bonds. The number of ether oxygens (including phenoxy) is 2. The number of alkyl halides is 3. The molecule has 1 saturated heterocycles. The number of amides is 1. The topological polar surface area (TPSA) is 59.0 Å². The number of carbonyl (C=O) groups excluding carboxylic acids is 1. The molecule has 2 atom stereocenters. The minimum Gasteiger partial charge on any atom is -0.444 e. The molecule has 9 heteroatoms. The van der Waals surface area contributed by atoms with Crippen molar-refractivity contribution >= 4 is 17.4 Å². The van der Waals surface area contributed by atoms with Crippen LogP contribution < -0.4 is 0 Å². The minimum absolute atomic E-state index is 0.0302. The Bertz CT molecular complexity index is 756. The number of fused-ring (bicyclic) bond motifs is 2. The van der Waals surface area contributed by atoms with Crippen molar-refractivity contribution in [2.24, 2.45) is 0 Å². The van der Waals surface area contributed by atoms with Crippen molar-refractivity contribution in [3.8, 4) is 0 Å². The van der Waals surface area contributed by atoms with E-state index in [1.165, 1.54) is 0 Å². The molecule has 1 aromatic heterocycles. The van der Waals surface area contributed by atoms with E-state index in [2.05, 4.69) is 0 Å². The van der Waals surface area contributed by atoms with Gasteiger partial charge in [0, 0.05) is 29.4 Å². The largest absolute Gasteiger partial charge is 0.444 e. The number of rotatable bonds is 1. The summed E-state index contributed by atoms with van der Waals surface area (Å²) in [5.74, 6) is 0. The van der Waals surface area contributed by atoms with Gasteiger partial charge in [-0.3, -0.25) is 0 Å². The quantitative estimate of drug-likeness (QED) is 0.728. The average Bonchev–Trinajstić information content (AvgIpc) is 2.93. The third-order valence-electron chi connectivity index (χ3n) is 5.22. The van der Waals surface area contributed by atoms with Gasteiger partial charge in [-0.15, -0.1) is 11.3 Å². The van der Waals surface area contributed by atoms with Crippen LogP contribution in [0.1, 0.15) is 61.4 Å². The molecule has 0 bridgehead atoms. The molecule has 28 heavy (non-hydrogen) atoms. The first-order valence-corrected chi connectivity index (χ1v) is 10.2. The summed E-state index contributed by atoms with van der Waals surface area (Å²) < 4.78 is 51.9. The lowest BCUT2D eigenvalue weighted by molar-refractivity contribution is -0.135. The lowest BCUT2D eigenvalue weighted by atomic mass is 9.81. The molecule has 1 fully saturated rings. The van der Waals surface area contributed by atoms with Crippen LogP contribution in [0.5, 0.6) is 0 Å². The van der Waals surface area contributed by atoms with E-state index >= 15 is 0 Å². The van der Waals surface area contributed by atoms with Gasteiger partial charge in [-0.1, -0.05) is 0 Å². The molecule has 2 unspecified atom stereocenters. The molecule has 1 aromatic rings. The van der Waals surface area contributed by atoms with Crippen LogP contribution in [0.4, 0.5) is 18.0 Å². The molecule has 2 aliphatic rings. The van der Waals surface area contributed by atoms with Crippen LogP contribution in [0.25, 0.3) is 0 Å². The van der Waals surface area contributed by atoms with E-state index in [1.54, 1.807) is 25.7 Å². The highest BCUT2D eigenvalue weighted by atomic mass is 32.1. The average molecular weight is 421 g/mol. The SMILES string of the molecule is CC1CC2(CCN1C(=O)OC(C)(C)C)OCCc1c2sc(C(F)(F)F)c1CO. The molecule has 3 rings (SSSR count). The Morgan fingerprint density at radius 2 is 2.07 bits per heavy atom. The number of aliphatic hydroxyl groups excluding tert-OH is 1. The van der Waals surface area contributed by atoms with Gasteiger partial charge in [0.15, 0.2) is 0 Å². The fourth-order valence-electron chi connectivity index (χ4n) is 4.08. The lowest BCUT2D eigenvalue weighted by Gasteiger charge is -2.47. The van der Waals surface area contributed by atoms with Crippen molar-refractivity contribution in [3.05, 3.63) is 20.9 Å². The van der Waals surface area contributed by atoms with Gasteiger partial charge in [-0.2, -0.15) is 13.2 Å². The Morgan fingerprint density at radius 1 is 1.39 bits per heavy atom. The molecule has 3 heterocycles. The second-order valence-electron chi connectivity index (χ2n) is 8.44. The highest BCUT2D eigenvalue weighted by Gasteiger charge is 2.49. The normalized spacial score (nSPS) is 25.7. The summed E-state index contributed by atoms with van der Waals surface area (Å²) in [6.45, 7) is 7.22. The molecule has 2 aliphatic heterocycles. The van der Waals surface area contributed by atoms with E-state index in [9.17, 15) is 23.1 Å². The van der Waals surface area contributed by atoms with E-state index in [0.29, 0.717) is 54.2 Å². The molecule has 1 N–H and O–H groups in total. The van der Waals surface area contributed by atoms with E-state index in [1.807, 2.05) is 6.92 Å². The predicted octanol–water partition coefficient (Wildman–Crippen LogP) is 4.45. The maximum Gasteiger partial charge on any atom is 0.425 e. The van der Waals surface area contributed by atoms with E-state index in [-0.39, 0.29) is 11.6 Å². The van der Waals surface area contributed by atoms with Gasteiger partial charge in [0.25, 0.3) is 0 Å². The van der Waals surface area contributed by atoms with Crippen molar-refractivity contribution in [1.82, 2.24) is 4.90 Å². The molecule has 5 nitrogen and oxygen atoms in total. The van der Waals surface area contributed by atoms with E-state index < -0.39 is 35.0 Å². The number of carbonyl (C=O) groups is 1. The summed E-state index contributed by atoms with van der Waals surface area (Å²) in [6, 6.07) is -0.247. The third kappa shape index (κ3) is 3.89. The number of hydrogen-bond acceptors (Lipinski definition) is 5. The second kappa shape index (κ2) is 7.18. The monoisotopic (exact) mass is 421 g/mol. The van der Waals surface area contributed by atoms with Gasteiger partial charge in [0.05, 0.1) is 13.2 Å². The zero-order valence-corrected chi connectivity index (χ0v) is 17.3. The summed E-state index contributed by atoms with van der Waals surface area (Å²) in [5, 5.41) is 9.58. The Kier molecular flexibility index (Phi) is 5.48. The molecule has 158 valence electrons. The van der Waals surface area contributed by atoms with Gasteiger partial charge < -0.3 is 19.5 Å². The second-order valence-corrected chi connectivity index (χ2v) is 9.46. The number of aliphatic hydroxyl groups is 1. The van der Waals surface area contributed by atoms with Crippen LogP contribution in [0.15, 0.2) is 0 Å². The van der Waals surface area contributed by atoms with Crippen molar-refractivity contribution < 1.29 is 32.5 Å². The highest BCUT2D eigenvalue weighted by molar-refractivity contribution is 7.12. The Labute approximate surface area is 166 Å². The summed E-state index contributed by atoms with van der Waals surface area (Å²) in [7, 11) is 0. The maximum atomic E-state index is 13.5. The molecule has 0 aromatic carbocycles. The first kappa shape index (κ1) is 21.4. The van der Waals surface area contributed by atoms with Gasteiger partial charge in [0.1, 0.15) is 16.1 Å². The number of hydrogen-bond donors (Lipinski definition) is 1. The third-order valence-corrected chi connectivity index (χ3v) is 6.72. The summed E-state index contributed by atoms with van der Waals surface area (Å²) in [5.41, 5.74) is -0.948. The predicted molar refractivity (Wildman–Crippen MR) is 98.2 cm³/mol. The number of likely N-dealkylation sites (tertiary alicyclic amines) is 1. The lowest BCUT2D eigenvalue weighted by Crippen LogP contribution is -2.53. The highest BCUT2D eigenvalue weighted by Crippen LogP contribution is 2.51. The summed E-state index contributed by atoms with van der Waals surface area (Å²) in [4.78, 5) is 13.9. The first-order chi connectivity index (χ1) is 12.9. The number of halogens is 3. The van der Waals surface area contributed by atoms with Gasteiger partial charge >= 0.3 is 12.3 Å². The minimum atomic E-state index is -4.51. The van der Waals surface area contributed by atoms with E-state index in [0.717, 1.165) is 0 Å². The van der Waals surface area contributed by atoms with Crippen molar-refractivity contribution in [2.45, 2.75) is 77.0 Å². The fraction of sp³-hybridized carbons (Fsp3) is 0.737. The zero-order chi connectivity index (χ0) is 20.9. The fourth-order valence-corrected chi connectivity index (χ4v) is 5.49. The van der Waals surface area contributed by atoms with Crippen LogP contribution in [0.2, 0.25) is 0 Å². The summed E-state index contributed by atoms with van der Waals surface area (Å²) >= 11 is 0.676. The number of thiophene rings is 1. The van der Waals surface area contributed by atoms with Crippen molar-refractivity contribution in [3.63, 3.8) is 0 Å². The van der Waals surface area contributed by atoms with Crippen LogP contribution >= 0.6 is 11.3 Å². The number of nitrogens with zero attached hydrogens (tertiary/aromatic N) is 1. The molecule has 1 spiro atoms. The number of piperidine rings is 1. The van der Waals surface area contributed by atoms with Crippen LogP contribution in [-0.2, 0) is 34.3 Å². The van der Waals surface area contributed by atoms with Crippen LogP contribution in [-0.4, -0.2) is 40.9 Å². The molecule has 0 radical (unpaired) electrons. The molecule has 0 aliphatic carbocycles. The van der Waals surface area contributed by atoms with Crippen molar-refractivity contribution in [2.75, 3.05) is 13.2 Å². The van der Waals surface area contributed by atoms with Gasteiger partial charge in [0.2, 0.25) is 0 Å². The zero-order valence-electron chi connectivity index (χ0n) is 16.5. The summed E-state index contributed by atoms with van der Waals surface area (Å²) in [6.07, 6.45) is -3.80. The maximum absolute atomic E-state index is 13.5. The smallest absolute Gasteiger partial charge is 0.425 e. The Balaban J connectivity index is 1.91. The van der Waals surface area contributed by atoms with Crippen LogP contribution in [0.3, 0.4) is 0 Å². The van der Waals surface area contributed by atoms with E-state index in [4.69, 9.17) is 9.47 Å². The Hall–Kier alpha value is -1.32. The Morgan fingerprint density at radius 3 is 2.61 bits per heavy atom. The first-order valence-electron chi connectivity index (χ1n) is 9.34. The molecule has 0 saturated carbocycles. The van der Waals surface area contributed by atoms with Gasteiger partial charge in [-0.05, 0) is 46.1 Å². The molecular formula is C19H26F3NO4S. The molecular weight excluding hydrogens is 395 g/mol. The van der Waals surface area contributed by atoms with Crippen LogP contribution in [0, 0.1) is 0 Å². The standard InChI is InChI=1S/C19H26F3NO4S/c1-11-9-18(6-7-23(11)16(25)27-17(2,3)4)14-12(5-8-26-18)13(10-24)15(28-14)19(20,21)22/h11,24H,5-10H2,1-4H3.